The largest absolute Gasteiger partial charge is 0.504 e. The molecular formula is C18H13N3O3. The second-order valence-corrected chi connectivity index (χ2v) is 5.03. The highest BCUT2D eigenvalue weighted by Crippen LogP contribution is 2.28. The molecule has 6 nitrogen and oxygen atoms in total. The van der Waals surface area contributed by atoms with Gasteiger partial charge in [0.15, 0.2) is 17.3 Å². The van der Waals surface area contributed by atoms with Crippen LogP contribution in [0.1, 0.15) is 11.4 Å². The lowest BCUT2D eigenvalue weighted by Crippen LogP contribution is -2.11. The normalized spacial score (nSPS) is 11.2. The molecule has 0 fully saturated rings. The first kappa shape index (κ1) is 15.3. The molecule has 3 aromatic rings. The Balaban J connectivity index is 2.12. The lowest BCUT2D eigenvalue weighted by molar-refractivity contribution is 0.373. The van der Waals surface area contributed by atoms with Gasteiger partial charge in [0.1, 0.15) is 6.07 Å². The van der Waals surface area contributed by atoms with Gasteiger partial charge in [0.05, 0.1) is 23.6 Å². The summed E-state index contributed by atoms with van der Waals surface area (Å²) in [4.78, 5) is 19.1. The van der Waals surface area contributed by atoms with Crippen molar-refractivity contribution in [2.75, 3.05) is 7.11 Å². The zero-order chi connectivity index (χ0) is 17.1. The Hall–Kier alpha value is -3.59. The number of fused-ring (bicyclic) bond motifs is 1. The van der Waals surface area contributed by atoms with Crippen molar-refractivity contribution in [3.63, 3.8) is 0 Å². The minimum Gasteiger partial charge on any atom is -0.504 e. The number of rotatable bonds is 3. The van der Waals surface area contributed by atoms with Crippen molar-refractivity contribution < 1.29 is 9.84 Å². The smallest absolute Gasteiger partial charge is 0.259 e. The van der Waals surface area contributed by atoms with E-state index in [1.165, 1.54) is 13.2 Å². The highest BCUT2D eigenvalue weighted by molar-refractivity contribution is 5.89. The quantitative estimate of drug-likeness (QED) is 0.723. The van der Waals surface area contributed by atoms with E-state index in [4.69, 9.17) is 4.74 Å². The molecule has 6 heteroatoms. The Morgan fingerprint density at radius 1 is 1.33 bits per heavy atom. The summed E-state index contributed by atoms with van der Waals surface area (Å²) in [5.74, 6) is 0.486. The third-order valence-corrected chi connectivity index (χ3v) is 3.50. The predicted octanol–water partition coefficient (Wildman–Crippen LogP) is 2.70. The van der Waals surface area contributed by atoms with Crippen LogP contribution in [0.25, 0.3) is 22.6 Å². The number of benzene rings is 2. The Labute approximate surface area is 137 Å². The van der Waals surface area contributed by atoms with E-state index in [9.17, 15) is 15.2 Å². The number of para-hydroxylation sites is 1. The summed E-state index contributed by atoms with van der Waals surface area (Å²) in [6, 6.07) is 13.6. The number of methoxy groups -OCH3 is 1. The van der Waals surface area contributed by atoms with E-state index < -0.39 is 0 Å². The van der Waals surface area contributed by atoms with Crippen LogP contribution in [-0.2, 0) is 0 Å². The zero-order valence-electron chi connectivity index (χ0n) is 12.8. The molecule has 0 spiro atoms. The molecule has 0 bridgehead atoms. The number of hydrogen-bond donors (Lipinski definition) is 2. The number of nitriles is 1. The van der Waals surface area contributed by atoms with Gasteiger partial charge in [-0.2, -0.15) is 5.26 Å². The highest BCUT2D eigenvalue weighted by Gasteiger charge is 2.09. The van der Waals surface area contributed by atoms with Crippen molar-refractivity contribution in [3.8, 4) is 17.6 Å². The molecule has 0 atom stereocenters. The maximum Gasteiger partial charge on any atom is 0.259 e. The number of nitrogens with one attached hydrogen (secondary N) is 1. The Morgan fingerprint density at radius 2 is 2.12 bits per heavy atom. The summed E-state index contributed by atoms with van der Waals surface area (Å²) in [5, 5.41) is 19.5. The van der Waals surface area contributed by atoms with Crippen molar-refractivity contribution in [3.05, 3.63) is 64.2 Å². The van der Waals surface area contributed by atoms with Crippen LogP contribution in [0.15, 0.2) is 47.3 Å². The van der Waals surface area contributed by atoms with Gasteiger partial charge in [0, 0.05) is 0 Å². The maximum absolute atomic E-state index is 12.1. The fourth-order valence-electron chi connectivity index (χ4n) is 2.32. The molecule has 3 rings (SSSR count). The van der Waals surface area contributed by atoms with Crippen molar-refractivity contribution in [2.45, 2.75) is 0 Å². The molecule has 0 aliphatic carbocycles. The average molecular weight is 319 g/mol. The number of ether oxygens (including phenoxy) is 1. The molecule has 1 aromatic heterocycles. The van der Waals surface area contributed by atoms with E-state index in [2.05, 4.69) is 9.97 Å². The first-order chi connectivity index (χ1) is 11.6. The number of phenolic OH excluding ortho intramolecular Hbond substituents is 1. The van der Waals surface area contributed by atoms with Gasteiger partial charge in [-0.3, -0.25) is 4.79 Å². The third-order valence-electron chi connectivity index (χ3n) is 3.50. The van der Waals surface area contributed by atoms with E-state index in [1.807, 2.05) is 6.07 Å². The first-order valence-corrected chi connectivity index (χ1v) is 7.10. The molecule has 0 radical (unpaired) electrons. The van der Waals surface area contributed by atoms with Crippen LogP contribution in [0.3, 0.4) is 0 Å². The Morgan fingerprint density at radius 3 is 2.88 bits per heavy atom. The number of H-pyrrole nitrogens is 1. The molecule has 0 saturated carbocycles. The maximum atomic E-state index is 12.1. The molecule has 24 heavy (non-hydrogen) atoms. The third kappa shape index (κ3) is 2.83. The van der Waals surface area contributed by atoms with Crippen LogP contribution < -0.4 is 10.3 Å². The fourth-order valence-corrected chi connectivity index (χ4v) is 2.32. The van der Waals surface area contributed by atoms with Gasteiger partial charge >= 0.3 is 0 Å². The molecule has 0 amide bonds. The first-order valence-electron chi connectivity index (χ1n) is 7.10. The van der Waals surface area contributed by atoms with E-state index in [1.54, 1.807) is 42.5 Å². The fraction of sp³-hybridized carbons (Fsp3) is 0.0556. The van der Waals surface area contributed by atoms with Crippen molar-refractivity contribution in [2.24, 2.45) is 0 Å². The number of aromatic amines is 1. The van der Waals surface area contributed by atoms with Gasteiger partial charge < -0.3 is 14.8 Å². The standard InChI is InChI=1S/C18H13N3O3/c1-24-16-9-11(6-7-15(16)22)8-12(10-19)17-20-14-5-3-2-4-13(14)18(23)21-17/h2-9,22H,1H3,(H,20,21,23)/b12-8-. The number of phenols is 1. The number of aromatic nitrogens is 2. The zero-order valence-corrected chi connectivity index (χ0v) is 12.8. The number of hydrogen-bond acceptors (Lipinski definition) is 5. The molecule has 1 heterocycles. The molecular weight excluding hydrogens is 306 g/mol. The summed E-state index contributed by atoms with van der Waals surface area (Å²) >= 11 is 0. The second-order valence-electron chi connectivity index (χ2n) is 5.03. The minimum atomic E-state index is -0.306. The molecule has 0 aliphatic rings. The van der Waals surface area contributed by atoms with Gasteiger partial charge in [-0.05, 0) is 35.9 Å². The highest BCUT2D eigenvalue weighted by atomic mass is 16.5. The molecule has 0 saturated heterocycles. The Bertz CT molecular complexity index is 1050. The Kier molecular flexibility index (Phi) is 4.00. The van der Waals surface area contributed by atoms with Gasteiger partial charge in [0.2, 0.25) is 0 Å². The molecule has 2 N–H and O–H groups in total. The van der Waals surface area contributed by atoms with E-state index >= 15 is 0 Å². The summed E-state index contributed by atoms with van der Waals surface area (Å²) < 4.78 is 5.05. The van der Waals surface area contributed by atoms with E-state index in [-0.39, 0.29) is 22.7 Å². The number of allylic oxidation sites excluding steroid dienone is 1. The van der Waals surface area contributed by atoms with Gasteiger partial charge in [0.25, 0.3) is 5.56 Å². The van der Waals surface area contributed by atoms with Gasteiger partial charge in [-0.15, -0.1) is 0 Å². The monoisotopic (exact) mass is 319 g/mol. The summed E-state index contributed by atoms with van der Waals surface area (Å²) in [6.07, 6.45) is 1.56. The van der Waals surface area contributed by atoms with Crippen LogP contribution in [0.2, 0.25) is 0 Å². The topological polar surface area (TPSA) is 99.0 Å². The summed E-state index contributed by atoms with van der Waals surface area (Å²) in [7, 11) is 1.44. The number of nitrogens with zero attached hydrogens (tertiary/aromatic N) is 2. The average Bonchev–Trinajstić information content (AvgIpc) is 2.61. The lowest BCUT2D eigenvalue weighted by Gasteiger charge is -2.05. The minimum absolute atomic E-state index is 0.00500. The summed E-state index contributed by atoms with van der Waals surface area (Å²) in [6.45, 7) is 0. The second kappa shape index (κ2) is 6.26. The SMILES string of the molecule is COc1cc(/C=C(/C#N)c2nc3ccccc3c(=O)[nH]2)ccc1O. The van der Waals surface area contributed by atoms with Gasteiger partial charge in [-0.25, -0.2) is 4.98 Å². The van der Waals surface area contributed by atoms with Crippen LogP contribution in [0, 0.1) is 11.3 Å². The molecule has 0 unspecified atom stereocenters. The van der Waals surface area contributed by atoms with Gasteiger partial charge in [-0.1, -0.05) is 18.2 Å². The van der Waals surface area contributed by atoms with Crippen LogP contribution >= 0.6 is 0 Å². The van der Waals surface area contributed by atoms with E-state index in [0.717, 1.165) is 0 Å². The summed E-state index contributed by atoms with van der Waals surface area (Å²) in [5.41, 5.74) is 1.04. The van der Waals surface area contributed by atoms with Crippen molar-refractivity contribution in [1.82, 2.24) is 9.97 Å². The molecule has 2 aromatic carbocycles. The molecule has 0 aliphatic heterocycles. The number of aromatic hydroxyl groups is 1. The van der Waals surface area contributed by atoms with Crippen LogP contribution in [0.5, 0.6) is 11.5 Å². The van der Waals surface area contributed by atoms with Crippen LogP contribution in [-0.4, -0.2) is 22.2 Å². The lowest BCUT2D eigenvalue weighted by atomic mass is 10.1. The van der Waals surface area contributed by atoms with Crippen molar-refractivity contribution in [1.29, 1.82) is 5.26 Å². The predicted molar refractivity (Wildman–Crippen MR) is 90.5 cm³/mol. The van der Waals surface area contributed by atoms with E-state index in [0.29, 0.717) is 22.2 Å². The van der Waals surface area contributed by atoms with Crippen molar-refractivity contribution >= 4 is 22.6 Å². The molecule has 118 valence electrons. The van der Waals surface area contributed by atoms with Crippen LogP contribution in [0.4, 0.5) is 0 Å².